The Morgan fingerprint density at radius 3 is 2.90 bits per heavy atom. The molecule has 3 rings (SSSR count). The zero-order chi connectivity index (χ0) is 13.9. The molecule has 0 saturated carbocycles. The van der Waals surface area contributed by atoms with E-state index in [1.54, 1.807) is 30.7 Å². The molecule has 2 aromatic heterocycles. The Kier molecular flexibility index (Phi) is 3.13. The normalized spacial score (nSPS) is 10.6. The molecule has 0 bridgehead atoms. The predicted octanol–water partition coefficient (Wildman–Crippen LogP) is 2.64. The monoisotopic (exact) mass is 263 g/mol. The van der Waals surface area contributed by atoms with Crippen molar-refractivity contribution in [3.05, 3.63) is 66.1 Å². The van der Waals surface area contributed by atoms with Crippen molar-refractivity contribution < 1.29 is 4.79 Å². The average Bonchev–Trinajstić information content (AvgIpc) is 2.49. The summed E-state index contributed by atoms with van der Waals surface area (Å²) in [7, 11) is 0. The van der Waals surface area contributed by atoms with Crippen LogP contribution in [0.5, 0.6) is 0 Å². The molecule has 4 nitrogen and oxygen atoms in total. The van der Waals surface area contributed by atoms with Gasteiger partial charge in [0, 0.05) is 47.2 Å². The minimum absolute atomic E-state index is 0.0236. The number of nitrogen functional groups attached to an aromatic ring is 1. The minimum atomic E-state index is 0.0236. The molecule has 0 fully saturated rings. The summed E-state index contributed by atoms with van der Waals surface area (Å²) in [5.74, 6) is 0.0236. The quantitative estimate of drug-likeness (QED) is 0.737. The SMILES string of the molecule is Nc1ccncc1CC(=O)c1ccc2ncccc2c1. The maximum Gasteiger partial charge on any atom is 0.167 e. The number of carbonyl (C=O) groups excluding carboxylic acids is 1. The zero-order valence-corrected chi connectivity index (χ0v) is 10.8. The largest absolute Gasteiger partial charge is 0.398 e. The first-order valence-corrected chi connectivity index (χ1v) is 6.30. The van der Waals surface area contributed by atoms with E-state index in [0.717, 1.165) is 16.5 Å². The molecular weight excluding hydrogens is 250 g/mol. The molecule has 4 heteroatoms. The first kappa shape index (κ1) is 12.3. The molecule has 98 valence electrons. The molecule has 0 amide bonds. The van der Waals surface area contributed by atoms with Crippen LogP contribution < -0.4 is 5.73 Å². The molecule has 3 aromatic rings. The fraction of sp³-hybridized carbons (Fsp3) is 0.0625. The lowest BCUT2D eigenvalue weighted by atomic mass is 10.0. The number of nitrogens with two attached hydrogens (primary N) is 1. The Labute approximate surface area is 116 Å². The van der Waals surface area contributed by atoms with Gasteiger partial charge in [0.1, 0.15) is 0 Å². The number of pyridine rings is 2. The molecular formula is C16H13N3O. The summed E-state index contributed by atoms with van der Waals surface area (Å²) in [6, 6.07) is 11.0. The number of ketones is 1. The first-order valence-electron chi connectivity index (χ1n) is 6.30. The lowest BCUT2D eigenvalue weighted by molar-refractivity contribution is 0.0993. The Morgan fingerprint density at radius 1 is 1.15 bits per heavy atom. The van der Waals surface area contributed by atoms with E-state index in [9.17, 15) is 4.79 Å². The summed E-state index contributed by atoms with van der Waals surface area (Å²) in [5, 5.41) is 0.956. The molecule has 0 aliphatic rings. The van der Waals surface area contributed by atoms with Crippen molar-refractivity contribution in [1.82, 2.24) is 9.97 Å². The van der Waals surface area contributed by atoms with Crippen LogP contribution in [-0.4, -0.2) is 15.8 Å². The third kappa shape index (κ3) is 2.36. The van der Waals surface area contributed by atoms with Gasteiger partial charge >= 0.3 is 0 Å². The highest BCUT2D eigenvalue weighted by Gasteiger charge is 2.10. The fourth-order valence-corrected chi connectivity index (χ4v) is 2.11. The molecule has 0 spiro atoms. The van der Waals surface area contributed by atoms with Crippen LogP contribution in [0.25, 0.3) is 10.9 Å². The lowest BCUT2D eigenvalue weighted by Gasteiger charge is -2.05. The highest BCUT2D eigenvalue weighted by molar-refractivity contribution is 6.00. The first-order chi connectivity index (χ1) is 9.74. The van der Waals surface area contributed by atoms with Crippen LogP contribution in [0.15, 0.2) is 55.0 Å². The molecule has 0 aliphatic heterocycles. The standard InChI is InChI=1S/C16H13N3O/c17-14-5-7-18-10-13(14)9-16(20)12-3-4-15-11(8-12)2-1-6-19-15/h1-8,10H,9H2,(H2,17,18). The van der Waals surface area contributed by atoms with Gasteiger partial charge in [-0.2, -0.15) is 0 Å². The van der Waals surface area contributed by atoms with Gasteiger partial charge in [-0.3, -0.25) is 14.8 Å². The van der Waals surface area contributed by atoms with Gasteiger partial charge in [0.25, 0.3) is 0 Å². The molecule has 20 heavy (non-hydrogen) atoms. The number of rotatable bonds is 3. The third-order valence-electron chi connectivity index (χ3n) is 3.22. The number of Topliss-reactive ketones (excluding diaryl/α,β-unsaturated/α-hetero) is 1. The Hall–Kier alpha value is -2.75. The van der Waals surface area contributed by atoms with Crippen LogP contribution in [0, 0.1) is 0 Å². The van der Waals surface area contributed by atoms with Crippen LogP contribution in [-0.2, 0) is 6.42 Å². The van der Waals surface area contributed by atoms with E-state index >= 15 is 0 Å². The fourth-order valence-electron chi connectivity index (χ4n) is 2.11. The number of anilines is 1. The van der Waals surface area contributed by atoms with Crippen LogP contribution in [0.1, 0.15) is 15.9 Å². The summed E-state index contributed by atoms with van der Waals surface area (Å²) in [6.45, 7) is 0. The molecule has 1 aromatic carbocycles. The van der Waals surface area contributed by atoms with Crippen molar-refractivity contribution in [3.63, 3.8) is 0 Å². The number of benzene rings is 1. The average molecular weight is 263 g/mol. The number of hydrogen-bond donors (Lipinski definition) is 1. The lowest BCUT2D eigenvalue weighted by Crippen LogP contribution is -2.06. The maximum atomic E-state index is 12.3. The van der Waals surface area contributed by atoms with E-state index < -0.39 is 0 Å². The van der Waals surface area contributed by atoms with E-state index in [1.165, 1.54) is 0 Å². The van der Waals surface area contributed by atoms with Gasteiger partial charge in [-0.25, -0.2) is 0 Å². The van der Waals surface area contributed by atoms with E-state index in [1.807, 2.05) is 24.3 Å². The molecule has 2 N–H and O–H groups in total. The zero-order valence-electron chi connectivity index (χ0n) is 10.8. The van der Waals surface area contributed by atoms with Gasteiger partial charge in [-0.05, 0) is 30.3 Å². The Bertz CT molecular complexity index is 783. The van der Waals surface area contributed by atoms with Crippen molar-refractivity contribution in [1.29, 1.82) is 0 Å². The number of fused-ring (bicyclic) bond motifs is 1. The number of nitrogens with zero attached hydrogens (tertiary/aromatic N) is 2. The topological polar surface area (TPSA) is 68.9 Å². The molecule has 0 atom stereocenters. The molecule has 0 unspecified atom stereocenters. The van der Waals surface area contributed by atoms with Gasteiger partial charge in [0.05, 0.1) is 5.52 Å². The molecule has 0 aliphatic carbocycles. The van der Waals surface area contributed by atoms with Crippen molar-refractivity contribution in [3.8, 4) is 0 Å². The van der Waals surface area contributed by atoms with Gasteiger partial charge in [-0.15, -0.1) is 0 Å². The van der Waals surface area contributed by atoms with Crippen molar-refractivity contribution in [2.24, 2.45) is 0 Å². The molecule has 0 radical (unpaired) electrons. The maximum absolute atomic E-state index is 12.3. The second kappa shape index (κ2) is 5.09. The third-order valence-corrected chi connectivity index (χ3v) is 3.22. The van der Waals surface area contributed by atoms with Crippen molar-refractivity contribution >= 4 is 22.4 Å². The highest BCUT2D eigenvalue weighted by Crippen LogP contribution is 2.17. The van der Waals surface area contributed by atoms with Crippen molar-refractivity contribution in [2.45, 2.75) is 6.42 Å². The smallest absolute Gasteiger partial charge is 0.167 e. The van der Waals surface area contributed by atoms with E-state index in [-0.39, 0.29) is 12.2 Å². The van der Waals surface area contributed by atoms with E-state index in [0.29, 0.717) is 11.3 Å². The van der Waals surface area contributed by atoms with Crippen LogP contribution >= 0.6 is 0 Å². The van der Waals surface area contributed by atoms with Crippen LogP contribution in [0.3, 0.4) is 0 Å². The van der Waals surface area contributed by atoms with Gasteiger partial charge in [-0.1, -0.05) is 6.07 Å². The predicted molar refractivity (Wildman–Crippen MR) is 78.4 cm³/mol. The van der Waals surface area contributed by atoms with Crippen LogP contribution in [0.4, 0.5) is 5.69 Å². The summed E-state index contributed by atoms with van der Waals surface area (Å²) in [5.41, 5.74) is 8.72. The molecule has 2 heterocycles. The number of hydrogen-bond acceptors (Lipinski definition) is 4. The van der Waals surface area contributed by atoms with E-state index in [4.69, 9.17) is 5.73 Å². The van der Waals surface area contributed by atoms with Crippen LogP contribution in [0.2, 0.25) is 0 Å². The minimum Gasteiger partial charge on any atom is -0.398 e. The second-order valence-corrected chi connectivity index (χ2v) is 4.59. The van der Waals surface area contributed by atoms with Crippen molar-refractivity contribution in [2.75, 3.05) is 5.73 Å². The van der Waals surface area contributed by atoms with Gasteiger partial charge < -0.3 is 5.73 Å². The highest BCUT2D eigenvalue weighted by atomic mass is 16.1. The van der Waals surface area contributed by atoms with E-state index in [2.05, 4.69) is 9.97 Å². The van der Waals surface area contributed by atoms with Gasteiger partial charge in [0.15, 0.2) is 5.78 Å². The summed E-state index contributed by atoms with van der Waals surface area (Å²) in [4.78, 5) is 20.5. The summed E-state index contributed by atoms with van der Waals surface area (Å²) < 4.78 is 0. The number of aromatic nitrogens is 2. The second-order valence-electron chi connectivity index (χ2n) is 4.59. The Balaban J connectivity index is 1.91. The number of carbonyl (C=O) groups is 1. The molecule has 0 saturated heterocycles. The van der Waals surface area contributed by atoms with Gasteiger partial charge in [0.2, 0.25) is 0 Å². The summed E-state index contributed by atoms with van der Waals surface area (Å²) >= 11 is 0. The summed E-state index contributed by atoms with van der Waals surface area (Å²) in [6.07, 6.45) is 5.24. The Morgan fingerprint density at radius 2 is 2.05 bits per heavy atom.